The lowest BCUT2D eigenvalue weighted by molar-refractivity contribution is 0.174. The molecular formula is C23H23BrClNO3. The SMILES string of the molecule is COc1cc(CNC[C@@H](O)c2ccccc2)cc(Br)c1OCc1cccc(Cl)c1. The summed E-state index contributed by atoms with van der Waals surface area (Å²) in [6, 6.07) is 21.1. The van der Waals surface area contributed by atoms with Crippen molar-refractivity contribution >= 4 is 27.5 Å². The van der Waals surface area contributed by atoms with Gasteiger partial charge in [-0.1, -0.05) is 54.1 Å². The van der Waals surface area contributed by atoms with Gasteiger partial charge in [0.15, 0.2) is 11.5 Å². The van der Waals surface area contributed by atoms with E-state index in [0.717, 1.165) is 21.2 Å². The van der Waals surface area contributed by atoms with Crippen LogP contribution >= 0.6 is 27.5 Å². The Balaban J connectivity index is 1.61. The first-order chi connectivity index (χ1) is 14.1. The topological polar surface area (TPSA) is 50.7 Å². The van der Waals surface area contributed by atoms with Crippen LogP contribution in [0, 0.1) is 0 Å². The van der Waals surface area contributed by atoms with E-state index in [2.05, 4.69) is 21.2 Å². The standard InChI is InChI=1S/C23H23BrClNO3/c1-28-22-12-17(13-26-14-21(27)18-7-3-2-4-8-18)11-20(24)23(22)29-15-16-6-5-9-19(25)10-16/h2-12,21,26-27H,13-15H2,1H3/t21-/m1/s1. The highest BCUT2D eigenvalue weighted by Gasteiger charge is 2.13. The summed E-state index contributed by atoms with van der Waals surface area (Å²) in [7, 11) is 1.62. The van der Waals surface area contributed by atoms with E-state index in [1.54, 1.807) is 7.11 Å². The van der Waals surface area contributed by atoms with E-state index in [4.69, 9.17) is 21.1 Å². The Bertz CT molecular complexity index is 937. The number of nitrogens with one attached hydrogen (secondary N) is 1. The Labute approximate surface area is 184 Å². The van der Waals surface area contributed by atoms with Crippen molar-refractivity contribution in [2.45, 2.75) is 19.3 Å². The number of rotatable bonds is 9. The number of hydrogen-bond acceptors (Lipinski definition) is 4. The summed E-state index contributed by atoms with van der Waals surface area (Å²) in [6.45, 7) is 1.43. The molecule has 0 aliphatic carbocycles. The number of aliphatic hydroxyl groups excluding tert-OH is 1. The minimum atomic E-state index is -0.554. The van der Waals surface area contributed by atoms with E-state index in [-0.39, 0.29) is 0 Å². The van der Waals surface area contributed by atoms with Crippen LogP contribution in [0.1, 0.15) is 22.8 Å². The van der Waals surface area contributed by atoms with Crippen molar-refractivity contribution in [1.29, 1.82) is 0 Å². The molecule has 29 heavy (non-hydrogen) atoms. The Hall–Kier alpha value is -2.05. The van der Waals surface area contributed by atoms with Crippen molar-refractivity contribution in [2.24, 2.45) is 0 Å². The first kappa shape index (κ1) is 21.7. The van der Waals surface area contributed by atoms with Crippen LogP contribution in [0.2, 0.25) is 5.02 Å². The van der Waals surface area contributed by atoms with Crippen LogP contribution in [0.3, 0.4) is 0 Å². The Morgan fingerprint density at radius 1 is 1.03 bits per heavy atom. The summed E-state index contributed by atoms with van der Waals surface area (Å²) < 4.78 is 12.3. The van der Waals surface area contributed by atoms with Crippen molar-refractivity contribution in [1.82, 2.24) is 5.32 Å². The van der Waals surface area contributed by atoms with Crippen LogP contribution in [-0.2, 0) is 13.2 Å². The smallest absolute Gasteiger partial charge is 0.175 e. The second-order valence-corrected chi connectivity index (χ2v) is 7.88. The third-order valence-corrected chi connectivity index (χ3v) is 5.24. The lowest BCUT2D eigenvalue weighted by Gasteiger charge is -2.16. The van der Waals surface area contributed by atoms with Crippen molar-refractivity contribution in [3.05, 3.63) is 92.9 Å². The Morgan fingerprint density at radius 2 is 1.83 bits per heavy atom. The first-order valence-corrected chi connectivity index (χ1v) is 10.4. The highest BCUT2D eigenvalue weighted by molar-refractivity contribution is 9.10. The van der Waals surface area contributed by atoms with Crippen LogP contribution < -0.4 is 14.8 Å². The minimum Gasteiger partial charge on any atom is -0.493 e. The minimum absolute atomic E-state index is 0.385. The molecule has 4 nitrogen and oxygen atoms in total. The fraction of sp³-hybridized carbons (Fsp3) is 0.217. The zero-order valence-electron chi connectivity index (χ0n) is 16.1. The molecule has 3 aromatic carbocycles. The third-order valence-electron chi connectivity index (χ3n) is 4.41. The molecule has 0 unspecified atom stereocenters. The third kappa shape index (κ3) is 6.21. The van der Waals surface area contributed by atoms with Gasteiger partial charge in [-0.2, -0.15) is 0 Å². The molecule has 3 rings (SSSR count). The second-order valence-electron chi connectivity index (χ2n) is 6.59. The van der Waals surface area contributed by atoms with Gasteiger partial charge in [0.25, 0.3) is 0 Å². The lowest BCUT2D eigenvalue weighted by atomic mass is 10.1. The van der Waals surface area contributed by atoms with E-state index in [0.29, 0.717) is 36.2 Å². The molecule has 2 N–H and O–H groups in total. The van der Waals surface area contributed by atoms with Crippen LogP contribution in [0.4, 0.5) is 0 Å². The monoisotopic (exact) mass is 475 g/mol. The fourth-order valence-corrected chi connectivity index (χ4v) is 3.76. The van der Waals surface area contributed by atoms with Gasteiger partial charge in [-0.05, 0) is 56.9 Å². The molecule has 0 heterocycles. The molecule has 0 spiro atoms. The second kappa shape index (κ2) is 10.6. The number of hydrogen-bond donors (Lipinski definition) is 2. The van der Waals surface area contributed by atoms with Crippen molar-refractivity contribution in [3.8, 4) is 11.5 Å². The van der Waals surface area contributed by atoms with E-state index in [1.165, 1.54) is 0 Å². The highest BCUT2D eigenvalue weighted by atomic mass is 79.9. The maximum Gasteiger partial charge on any atom is 0.175 e. The molecule has 152 valence electrons. The zero-order valence-corrected chi connectivity index (χ0v) is 18.4. The molecule has 0 bridgehead atoms. The number of ether oxygens (including phenoxy) is 2. The Morgan fingerprint density at radius 3 is 2.55 bits per heavy atom. The number of benzene rings is 3. The summed E-state index contributed by atoms with van der Waals surface area (Å²) in [6.07, 6.45) is -0.554. The van der Waals surface area contributed by atoms with Gasteiger partial charge in [0.1, 0.15) is 6.61 Å². The normalized spacial score (nSPS) is 11.9. The molecule has 0 aromatic heterocycles. The fourth-order valence-electron chi connectivity index (χ4n) is 2.94. The van der Waals surface area contributed by atoms with Gasteiger partial charge in [-0.15, -0.1) is 0 Å². The van der Waals surface area contributed by atoms with E-state index in [1.807, 2.05) is 66.7 Å². The molecule has 0 aliphatic heterocycles. The molecule has 3 aromatic rings. The van der Waals surface area contributed by atoms with Gasteiger partial charge in [0, 0.05) is 18.1 Å². The summed E-state index contributed by atoms with van der Waals surface area (Å²) in [5, 5.41) is 14.2. The van der Waals surface area contributed by atoms with Gasteiger partial charge in [-0.3, -0.25) is 0 Å². The average molecular weight is 477 g/mol. The van der Waals surface area contributed by atoms with Crippen LogP contribution in [0.15, 0.2) is 71.2 Å². The molecule has 0 fully saturated rings. The van der Waals surface area contributed by atoms with Crippen LogP contribution in [-0.4, -0.2) is 18.8 Å². The largest absolute Gasteiger partial charge is 0.493 e. The van der Waals surface area contributed by atoms with Crippen molar-refractivity contribution in [2.75, 3.05) is 13.7 Å². The molecule has 0 radical (unpaired) electrons. The van der Waals surface area contributed by atoms with E-state index in [9.17, 15) is 5.11 Å². The maximum absolute atomic E-state index is 10.3. The van der Waals surface area contributed by atoms with E-state index < -0.39 is 6.10 Å². The molecule has 6 heteroatoms. The number of halogens is 2. The zero-order chi connectivity index (χ0) is 20.6. The van der Waals surface area contributed by atoms with Gasteiger partial charge in [0.2, 0.25) is 0 Å². The maximum atomic E-state index is 10.3. The number of aliphatic hydroxyl groups is 1. The summed E-state index contributed by atoms with van der Waals surface area (Å²) in [5.41, 5.74) is 2.89. The molecule has 0 aliphatic rings. The molecule has 0 saturated carbocycles. The predicted octanol–water partition coefficient (Wildman–Crippen LogP) is 5.51. The summed E-state index contributed by atoms with van der Waals surface area (Å²) in [5.74, 6) is 1.28. The van der Waals surface area contributed by atoms with Gasteiger partial charge < -0.3 is 19.9 Å². The Kier molecular flexibility index (Phi) is 7.95. The quantitative estimate of drug-likeness (QED) is 0.427. The lowest BCUT2D eigenvalue weighted by Crippen LogP contribution is -2.21. The number of methoxy groups -OCH3 is 1. The van der Waals surface area contributed by atoms with Gasteiger partial charge in [0.05, 0.1) is 17.7 Å². The van der Waals surface area contributed by atoms with Crippen molar-refractivity contribution < 1.29 is 14.6 Å². The molecule has 0 saturated heterocycles. The highest BCUT2D eigenvalue weighted by Crippen LogP contribution is 2.37. The molecule has 0 amide bonds. The van der Waals surface area contributed by atoms with E-state index >= 15 is 0 Å². The summed E-state index contributed by atoms with van der Waals surface area (Å²) >= 11 is 9.61. The predicted molar refractivity (Wildman–Crippen MR) is 120 cm³/mol. The van der Waals surface area contributed by atoms with Crippen LogP contribution in [0.25, 0.3) is 0 Å². The average Bonchev–Trinajstić information content (AvgIpc) is 2.73. The molecule has 1 atom stereocenters. The first-order valence-electron chi connectivity index (χ1n) is 9.24. The van der Waals surface area contributed by atoms with Crippen LogP contribution in [0.5, 0.6) is 11.5 Å². The van der Waals surface area contributed by atoms with Gasteiger partial charge in [-0.25, -0.2) is 0 Å². The summed E-state index contributed by atoms with van der Waals surface area (Å²) in [4.78, 5) is 0. The molecular weight excluding hydrogens is 454 g/mol. The van der Waals surface area contributed by atoms with Crippen molar-refractivity contribution in [3.63, 3.8) is 0 Å². The van der Waals surface area contributed by atoms with Gasteiger partial charge >= 0.3 is 0 Å².